The van der Waals surface area contributed by atoms with Crippen LogP contribution in [0.15, 0.2) is 60.7 Å². The van der Waals surface area contributed by atoms with Gasteiger partial charge in [0.25, 0.3) is 0 Å². The Kier molecular flexibility index (Phi) is 6.66. The summed E-state index contributed by atoms with van der Waals surface area (Å²) in [5, 5.41) is 13.9. The molecule has 7 rings (SSSR count). The zero-order chi connectivity index (χ0) is 26.8. The van der Waals surface area contributed by atoms with E-state index in [9.17, 15) is 5.11 Å². The van der Waals surface area contributed by atoms with Crippen molar-refractivity contribution >= 4 is 32.7 Å². The maximum atomic E-state index is 10.6. The maximum absolute atomic E-state index is 10.6. The first kappa shape index (κ1) is 26.5. The van der Waals surface area contributed by atoms with Crippen LogP contribution in [-0.4, -0.2) is 19.6 Å². The van der Waals surface area contributed by atoms with E-state index in [0.717, 1.165) is 33.5 Å². The number of aryl methyl sites for hydroxylation is 4. The van der Waals surface area contributed by atoms with Crippen LogP contribution in [0.1, 0.15) is 53.1 Å². The molecule has 3 aromatic carbocycles. The number of phenolic OH excluding ortho intramolecular Hbond substituents is 1. The summed E-state index contributed by atoms with van der Waals surface area (Å²) in [4.78, 5) is 9.61. The minimum absolute atomic E-state index is 0. The summed E-state index contributed by atoms with van der Waals surface area (Å²) in [6.07, 6.45) is 3.57. The average molecular weight is 708 g/mol. The quantitative estimate of drug-likeness (QED) is 0.187. The van der Waals surface area contributed by atoms with Crippen LogP contribution < -0.4 is 4.74 Å². The third kappa shape index (κ3) is 4.37. The fourth-order valence-electron chi connectivity index (χ4n) is 5.87. The van der Waals surface area contributed by atoms with Crippen molar-refractivity contribution in [2.75, 3.05) is 0 Å². The molecule has 0 saturated heterocycles. The molecular formula is C34H30N3O2Pt-. The first-order chi connectivity index (χ1) is 18.9. The van der Waals surface area contributed by atoms with Gasteiger partial charge in [0.15, 0.2) is 0 Å². The van der Waals surface area contributed by atoms with E-state index in [1.54, 1.807) is 0 Å². The number of nitrogens with zero attached hydrogens (tertiary/aromatic N) is 3. The first-order valence-corrected chi connectivity index (χ1v) is 13.6. The van der Waals surface area contributed by atoms with Crippen molar-refractivity contribution in [3.8, 4) is 23.2 Å². The van der Waals surface area contributed by atoms with E-state index in [2.05, 4.69) is 65.9 Å². The van der Waals surface area contributed by atoms with Crippen LogP contribution in [0.5, 0.6) is 17.4 Å². The normalized spacial score (nSPS) is 13.5. The van der Waals surface area contributed by atoms with Gasteiger partial charge in [0.1, 0.15) is 17.1 Å². The molecule has 0 radical (unpaired) electrons. The Hall–Kier alpha value is -3.69. The van der Waals surface area contributed by atoms with E-state index in [0.29, 0.717) is 23.1 Å². The molecule has 0 bridgehead atoms. The van der Waals surface area contributed by atoms with Gasteiger partial charge in [-0.05, 0) is 92.8 Å². The van der Waals surface area contributed by atoms with E-state index in [-0.39, 0.29) is 26.8 Å². The van der Waals surface area contributed by atoms with Gasteiger partial charge in [0.2, 0.25) is 5.88 Å². The summed E-state index contributed by atoms with van der Waals surface area (Å²) in [6.45, 7) is 8.15. The molecule has 3 aromatic heterocycles. The molecule has 0 aliphatic heterocycles. The molecule has 6 heteroatoms. The molecule has 204 valence electrons. The van der Waals surface area contributed by atoms with E-state index in [1.807, 2.05) is 38.1 Å². The molecule has 40 heavy (non-hydrogen) atoms. The topological polar surface area (TPSA) is 60.2 Å². The minimum Gasteiger partial charge on any atom is -0.505 e. The van der Waals surface area contributed by atoms with Gasteiger partial charge in [0, 0.05) is 49.5 Å². The molecule has 3 heterocycles. The SMILES string of the molecule is Cc1cc(C)nc(-n2c3[c-]c(Oc4ccc5ccc(C)c(O)c5n4)cc(C4CCC4)c3c3ccc(C)cc32)c1.[Pt]. The van der Waals surface area contributed by atoms with Crippen molar-refractivity contribution in [1.29, 1.82) is 0 Å². The third-order valence-electron chi connectivity index (χ3n) is 8.03. The molecule has 0 spiro atoms. The fourth-order valence-corrected chi connectivity index (χ4v) is 5.87. The molecule has 0 amide bonds. The van der Waals surface area contributed by atoms with Crippen molar-refractivity contribution in [3.63, 3.8) is 0 Å². The molecule has 1 fully saturated rings. The number of aromatic hydroxyl groups is 1. The Morgan fingerprint density at radius 1 is 0.900 bits per heavy atom. The van der Waals surface area contributed by atoms with E-state index < -0.39 is 0 Å². The zero-order valence-corrected chi connectivity index (χ0v) is 25.3. The van der Waals surface area contributed by atoms with Gasteiger partial charge >= 0.3 is 0 Å². The number of aromatic nitrogens is 3. The number of fused-ring (bicyclic) bond motifs is 4. The number of hydrogen-bond acceptors (Lipinski definition) is 4. The Labute approximate surface area is 248 Å². The molecule has 0 unspecified atom stereocenters. The van der Waals surface area contributed by atoms with Crippen molar-refractivity contribution in [2.45, 2.75) is 52.9 Å². The Morgan fingerprint density at radius 3 is 2.45 bits per heavy atom. The van der Waals surface area contributed by atoms with E-state index in [1.165, 1.54) is 46.7 Å². The monoisotopic (exact) mass is 707 g/mol. The van der Waals surface area contributed by atoms with Crippen molar-refractivity contribution in [2.24, 2.45) is 0 Å². The van der Waals surface area contributed by atoms with E-state index in [4.69, 9.17) is 9.72 Å². The number of hydrogen-bond donors (Lipinski definition) is 1. The van der Waals surface area contributed by atoms with E-state index >= 15 is 0 Å². The summed E-state index contributed by atoms with van der Waals surface area (Å²) >= 11 is 0. The van der Waals surface area contributed by atoms with Crippen LogP contribution in [0.3, 0.4) is 0 Å². The van der Waals surface area contributed by atoms with Crippen LogP contribution in [0.25, 0.3) is 38.5 Å². The predicted octanol–water partition coefficient (Wildman–Crippen LogP) is 8.52. The zero-order valence-electron chi connectivity index (χ0n) is 23.0. The molecule has 1 aliphatic carbocycles. The largest absolute Gasteiger partial charge is 0.505 e. The smallest absolute Gasteiger partial charge is 0.217 e. The van der Waals surface area contributed by atoms with Crippen LogP contribution in [0.2, 0.25) is 0 Å². The second kappa shape index (κ2) is 10.0. The molecule has 5 nitrogen and oxygen atoms in total. The minimum atomic E-state index is 0. The maximum Gasteiger partial charge on any atom is 0.217 e. The summed E-state index contributed by atoms with van der Waals surface area (Å²) in [5.41, 5.74) is 8.06. The van der Waals surface area contributed by atoms with Gasteiger partial charge in [-0.15, -0.1) is 17.7 Å². The van der Waals surface area contributed by atoms with Gasteiger partial charge in [0.05, 0.1) is 0 Å². The number of benzene rings is 3. The molecule has 1 saturated carbocycles. The van der Waals surface area contributed by atoms with Crippen LogP contribution in [0, 0.1) is 33.8 Å². The standard InChI is InChI=1S/C34H30N3O2.Pt/c1-19-8-12-26-28(15-19)37(30-16-20(2)14-22(4)35-30)29-18-25(17-27(32(26)29)23-6-5-7-23)39-31-13-11-24-10-9-21(3)34(38)33(24)36-31;/h8-17,23,38H,5-7H2,1-4H3;/q-1;. The number of ether oxygens (including phenoxy) is 1. The Bertz CT molecular complexity index is 1920. The summed E-state index contributed by atoms with van der Waals surface area (Å²) in [6, 6.07) is 24.3. The number of phenols is 1. The third-order valence-corrected chi connectivity index (χ3v) is 8.03. The number of rotatable bonds is 4. The van der Waals surface area contributed by atoms with Gasteiger partial charge in [-0.3, -0.25) is 0 Å². The molecule has 6 aromatic rings. The molecule has 1 N–H and O–H groups in total. The van der Waals surface area contributed by atoms with Crippen LogP contribution in [0.4, 0.5) is 0 Å². The van der Waals surface area contributed by atoms with Gasteiger partial charge in [-0.2, -0.15) is 0 Å². The average Bonchev–Trinajstić information content (AvgIpc) is 3.18. The van der Waals surface area contributed by atoms with Gasteiger partial charge in [-0.1, -0.05) is 41.6 Å². The van der Waals surface area contributed by atoms with Crippen molar-refractivity contribution < 1.29 is 30.9 Å². The summed E-state index contributed by atoms with van der Waals surface area (Å²) in [5.74, 6) is 2.60. The molecule has 1 aliphatic rings. The van der Waals surface area contributed by atoms with Crippen molar-refractivity contribution in [1.82, 2.24) is 14.5 Å². The molecule has 0 atom stereocenters. The molecular weight excluding hydrogens is 677 g/mol. The Morgan fingerprint density at radius 2 is 1.70 bits per heavy atom. The van der Waals surface area contributed by atoms with Gasteiger partial charge < -0.3 is 14.4 Å². The summed E-state index contributed by atoms with van der Waals surface area (Å²) in [7, 11) is 0. The van der Waals surface area contributed by atoms with Crippen LogP contribution in [-0.2, 0) is 21.1 Å². The second-order valence-electron chi connectivity index (χ2n) is 11.0. The first-order valence-electron chi connectivity index (χ1n) is 13.6. The summed E-state index contributed by atoms with van der Waals surface area (Å²) < 4.78 is 8.63. The second-order valence-corrected chi connectivity index (χ2v) is 11.0. The Balaban J connectivity index is 0.00000289. The fraction of sp³-hybridized carbons (Fsp3) is 0.235. The number of pyridine rings is 2. The predicted molar refractivity (Wildman–Crippen MR) is 156 cm³/mol. The van der Waals surface area contributed by atoms with Crippen LogP contribution >= 0.6 is 0 Å². The van der Waals surface area contributed by atoms with Crippen molar-refractivity contribution in [3.05, 3.63) is 94.7 Å². The van der Waals surface area contributed by atoms with Gasteiger partial charge in [-0.25, -0.2) is 9.97 Å².